The summed E-state index contributed by atoms with van der Waals surface area (Å²) in [4.78, 5) is 12.6. The van der Waals surface area contributed by atoms with E-state index < -0.39 is 34.3 Å². The molecule has 1 saturated heterocycles. The first-order valence-electron chi connectivity index (χ1n) is 8.07. The van der Waals surface area contributed by atoms with Crippen molar-refractivity contribution in [3.05, 3.63) is 28.7 Å². The molecule has 1 amide bonds. The van der Waals surface area contributed by atoms with Gasteiger partial charge in [0.05, 0.1) is 17.5 Å². The van der Waals surface area contributed by atoms with Crippen LogP contribution in [0, 0.1) is 5.92 Å². The van der Waals surface area contributed by atoms with Gasteiger partial charge in [-0.25, -0.2) is 8.42 Å². The van der Waals surface area contributed by atoms with Crippen LogP contribution in [0.15, 0.2) is 33.6 Å². The zero-order valence-electron chi connectivity index (χ0n) is 14.1. The molecule has 0 aliphatic carbocycles. The third kappa shape index (κ3) is 5.75. The Morgan fingerprint density at radius 2 is 2.00 bits per heavy atom. The lowest BCUT2D eigenvalue weighted by atomic mass is 10.0. The fourth-order valence-electron chi connectivity index (χ4n) is 2.55. The zero-order chi connectivity index (χ0) is 18.6. The van der Waals surface area contributed by atoms with E-state index in [2.05, 4.69) is 26.0 Å². The maximum Gasteiger partial charge on any atom is 0.241 e. The summed E-state index contributed by atoms with van der Waals surface area (Å²) in [6.45, 7) is 4.16. The minimum Gasteiger partial charge on any atom is -0.366 e. The molecular formula is C16H23BrN2O5S. The molecule has 1 aromatic rings. The first-order chi connectivity index (χ1) is 11.7. The Labute approximate surface area is 156 Å². The first-order valence-corrected chi connectivity index (χ1v) is 10.3. The SMILES string of the molecule is CC(C)C[C@H](NS(=O)(=O)c1ccc(Br)cc1)C(=O)N[C@H]1CCOC1O. The second-order valence-electron chi connectivity index (χ2n) is 6.42. The van der Waals surface area contributed by atoms with Crippen molar-refractivity contribution in [3.63, 3.8) is 0 Å². The second kappa shape index (κ2) is 8.59. The van der Waals surface area contributed by atoms with Crippen molar-refractivity contribution in [3.8, 4) is 0 Å². The molecule has 0 bridgehead atoms. The molecule has 25 heavy (non-hydrogen) atoms. The van der Waals surface area contributed by atoms with Crippen LogP contribution in [-0.4, -0.2) is 44.4 Å². The van der Waals surface area contributed by atoms with E-state index in [0.717, 1.165) is 4.47 Å². The molecule has 1 heterocycles. The van der Waals surface area contributed by atoms with Gasteiger partial charge in [-0.3, -0.25) is 4.79 Å². The van der Waals surface area contributed by atoms with Gasteiger partial charge in [0.1, 0.15) is 6.04 Å². The average Bonchev–Trinajstić information content (AvgIpc) is 2.91. The van der Waals surface area contributed by atoms with Crippen LogP contribution in [0.3, 0.4) is 0 Å². The number of ether oxygens (including phenoxy) is 1. The third-order valence-electron chi connectivity index (χ3n) is 3.83. The van der Waals surface area contributed by atoms with E-state index >= 15 is 0 Å². The summed E-state index contributed by atoms with van der Waals surface area (Å²) in [6, 6.07) is 4.72. The minimum absolute atomic E-state index is 0.0847. The van der Waals surface area contributed by atoms with Crippen molar-refractivity contribution in [1.82, 2.24) is 10.0 Å². The number of benzene rings is 1. The standard InChI is InChI=1S/C16H23BrN2O5S/c1-10(2)9-14(15(20)18-13-7-8-24-16(13)21)19-25(22,23)12-5-3-11(17)4-6-12/h3-6,10,13-14,16,19,21H,7-9H2,1-2H3,(H,18,20)/t13-,14-,16?/m0/s1. The summed E-state index contributed by atoms with van der Waals surface area (Å²) < 4.78 is 33.4. The van der Waals surface area contributed by atoms with Gasteiger partial charge in [0, 0.05) is 4.47 Å². The van der Waals surface area contributed by atoms with Crippen LogP contribution in [-0.2, 0) is 19.6 Å². The quantitative estimate of drug-likeness (QED) is 0.600. The van der Waals surface area contributed by atoms with Crippen LogP contribution in [0.1, 0.15) is 26.7 Å². The number of sulfonamides is 1. The number of carbonyl (C=O) groups excluding carboxylic acids is 1. The highest BCUT2D eigenvalue weighted by Crippen LogP contribution is 2.17. The van der Waals surface area contributed by atoms with Crippen molar-refractivity contribution in [2.75, 3.05) is 6.61 Å². The first kappa shape index (κ1) is 20.3. The van der Waals surface area contributed by atoms with E-state index in [1.165, 1.54) is 12.1 Å². The largest absolute Gasteiger partial charge is 0.366 e. The number of hydrogen-bond acceptors (Lipinski definition) is 5. The van der Waals surface area contributed by atoms with Crippen molar-refractivity contribution < 1.29 is 23.1 Å². The molecule has 9 heteroatoms. The predicted octanol–water partition coefficient (Wildman–Crippen LogP) is 1.37. The fraction of sp³-hybridized carbons (Fsp3) is 0.562. The molecular weight excluding hydrogens is 412 g/mol. The maximum atomic E-state index is 12.6. The lowest BCUT2D eigenvalue weighted by Gasteiger charge is -2.23. The molecule has 0 aromatic heterocycles. The van der Waals surface area contributed by atoms with Crippen molar-refractivity contribution in [2.45, 2.75) is 50.0 Å². The summed E-state index contributed by atoms with van der Waals surface area (Å²) in [5, 5.41) is 12.3. The van der Waals surface area contributed by atoms with Gasteiger partial charge in [-0.05, 0) is 43.0 Å². The smallest absolute Gasteiger partial charge is 0.241 e. The molecule has 1 fully saturated rings. The summed E-state index contributed by atoms with van der Waals surface area (Å²) in [5.41, 5.74) is 0. The number of nitrogens with one attached hydrogen (secondary N) is 2. The number of amides is 1. The Hall–Kier alpha value is -1.00. The number of aliphatic hydroxyl groups excluding tert-OH is 1. The monoisotopic (exact) mass is 434 g/mol. The van der Waals surface area contributed by atoms with Crippen LogP contribution in [0.4, 0.5) is 0 Å². The van der Waals surface area contributed by atoms with Crippen LogP contribution in [0.2, 0.25) is 0 Å². The Bertz CT molecular complexity index is 693. The van der Waals surface area contributed by atoms with Crippen molar-refractivity contribution in [2.24, 2.45) is 5.92 Å². The number of rotatable bonds is 7. The number of aliphatic hydroxyl groups is 1. The van der Waals surface area contributed by atoms with Crippen LogP contribution >= 0.6 is 15.9 Å². The Balaban J connectivity index is 2.13. The van der Waals surface area contributed by atoms with Gasteiger partial charge in [-0.15, -0.1) is 0 Å². The fourth-order valence-corrected chi connectivity index (χ4v) is 4.02. The van der Waals surface area contributed by atoms with E-state index in [4.69, 9.17) is 4.74 Å². The van der Waals surface area contributed by atoms with Gasteiger partial charge in [-0.2, -0.15) is 4.72 Å². The van der Waals surface area contributed by atoms with Gasteiger partial charge in [0.2, 0.25) is 15.9 Å². The normalized spacial score (nSPS) is 22.1. The highest BCUT2D eigenvalue weighted by Gasteiger charge is 2.32. The maximum absolute atomic E-state index is 12.6. The van der Waals surface area contributed by atoms with Crippen molar-refractivity contribution in [1.29, 1.82) is 0 Å². The number of carbonyl (C=O) groups is 1. The molecule has 140 valence electrons. The number of hydrogen-bond donors (Lipinski definition) is 3. The Morgan fingerprint density at radius 1 is 1.36 bits per heavy atom. The molecule has 1 unspecified atom stereocenters. The van der Waals surface area contributed by atoms with Gasteiger partial charge in [0.25, 0.3) is 0 Å². The molecule has 3 atom stereocenters. The molecule has 0 spiro atoms. The molecule has 2 rings (SSSR count). The van der Waals surface area contributed by atoms with E-state index in [-0.39, 0.29) is 10.8 Å². The molecule has 1 aliphatic heterocycles. The minimum atomic E-state index is -3.84. The Morgan fingerprint density at radius 3 is 2.52 bits per heavy atom. The van der Waals surface area contributed by atoms with E-state index in [9.17, 15) is 18.3 Å². The summed E-state index contributed by atoms with van der Waals surface area (Å²) >= 11 is 3.26. The molecule has 1 aliphatic rings. The van der Waals surface area contributed by atoms with E-state index in [1.54, 1.807) is 12.1 Å². The molecule has 7 nitrogen and oxygen atoms in total. The number of halogens is 1. The van der Waals surface area contributed by atoms with Crippen LogP contribution in [0.25, 0.3) is 0 Å². The van der Waals surface area contributed by atoms with E-state index in [0.29, 0.717) is 19.4 Å². The van der Waals surface area contributed by atoms with Gasteiger partial charge < -0.3 is 15.2 Å². The second-order valence-corrected chi connectivity index (χ2v) is 9.05. The van der Waals surface area contributed by atoms with Gasteiger partial charge in [-0.1, -0.05) is 29.8 Å². The molecule has 0 saturated carbocycles. The lowest BCUT2D eigenvalue weighted by Crippen LogP contribution is -2.51. The predicted molar refractivity (Wildman–Crippen MR) is 96.2 cm³/mol. The summed E-state index contributed by atoms with van der Waals surface area (Å²) in [5.74, 6) is -0.364. The Kier molecular flexibility index (Phi) is 6.98. The topological polar surface area (TPSA) is 105 Å². The molecule has 1 aromatic carbocycles. The lowest BCUT2D eigenvalue weighted by molar-refractivity contribution is -0.127. The van der Waals surface area contributed by atoms with Gasteiger partial charge >= 0.3 is 0 Å². The zero-order valence-corrected chi connectivity index (χ0v) is 16.5. The summed E-state index contributed by atoms with van der Waals surface area (Å²) in [7, 11) is -3.84. The highest BCUT2D eigenvalue weighted by molar-refractivity contribution is 9.10. The third-order valence-corrected chi connectivity index (χ3v) is 5.85. The summed E-state index contributed by atoms with van der Waals surface area (Å²) in [6.07, 6.45) is -0.238. The highest BCUT2D eigenvalue weighted by atomic mass is 79.9. The molecule has 3 N–H and O–H groups in total. The molecule has 0 radical (unpaired) electrons. The van der Waals surface area contributed by atoms with E-state index in [1.807, 2.05) is 13.8 Å². The average molecular weight is 435 g/mol. The van der Waals surface area contributed by atoms with Crippen LogP contribution < -0.4 is 10.0 Å². The van der Waals surface area contributed by atoms with Crippen molar-refractivity contribution >= 4 is 31.9 Å². The van der Waals surface area contributed by atoms with Crippen LogP contribution in [0.5, 0.6) is 0 Å². The van der Waals surface area contributed by atoms with Gasteiger partial charge in [0.15, 0.2) is 6.29 Å².